The summed E-state index contributed by atoms with van der Waals surface area (Å²) in [4.78, 5) is 0. The van der Waals surface area contributed by atoms with Crippen molar-refractivity contribution in [1.82, 2.24) is 0 Å². The maximum atomic E-state index is 9.63. The minimum Gasteiger partial charge on any atom is -0.393 e. The highest BCUT2D eigenvalue weighted by atomic mass is 16.3. The predicted molar refractivity (Wildman–Crippen MR) is 42.7 cm³/mol. The molecule has 0 aromatic carbocycles. The van der Waals surface area contributed by atoms with Gasteiger partial charge in [-0.3, -0.25) is 0 Å². The summed E-state index contributed by atoms with van der Waals surface area (Å²) in [5.41, 5.74) is 0. The number of aliphatic hydroxyl groups excluding tert-OH is 1. The molecule has 10 heavy (non-hydrogen) atoms. The number of rotatable bonds is 1. The van der Waals surface area contributed by atoms with Crippen LogP contribution in [0.25, 0.3) is 0 Å². The van der Waals surface area contributed by atoms with Gasteiger partial charge >= 0.3 is 0 Å². The van der Waals surface area contributed by atoms with Crippen LogP contribution in [-0.4, -0.2) is 11.2 Å². The van der Waals surface area contributed by atoms with E-state index in [-0.39, 0.29) is 6.10 Å². The predicted octanol–water partition coefficient (Wildman–Crippen LogP) is 2.05. The molecule has 1 rings (SSSR count). The lowest BCUT2D eigenvalue weighted by atomic mass is 9.91. The highest BCUT2D eigenvalue weighted by Crippen LogP contribution is 2.35. The van der Waals surface area contributed by atoms with E-state index in [0.717, 1.165) is 0 Å². The lowest BCUT2D eigenvalue weighted by molar-refractivity contribution is 0.0775. The monoisotopic (exact) mass is 142 g/mol. The van der Waals surface area contributed by atoms with Gasteiger partial charge in [0.1, 0.15) is 0 Å². The van der Waals surface area contributed by atoms with Crippen molar-refractivity contribution < 1.29 is 5.11 Å². The summed E-state index contributed by atoms with van der Waals surface area (Å²) < 4.78 is 0. The van der Waals surface area contributed by atoms with Gasteiger partial charge in [-0.15, -0.1) is 0 Å². The first kappa shape index (κ1) is 8.06. The van der Waals surface area contributed by atoms with E-state index in [1.807, 2.05) is 0 Å². The Hall–Kier alpha value is -0.0400. The summed E-state index contributed by atoms with van der Waals surface area (Å²) in [5.74, 6) is 1.75. The molecule has 0 aromatic rings. The zero-order valence-electron chi connectivity index (χ0n) is 7.17. The van der Waals surface area contributed by atoms with Crippen molar-refractivity contribution in [2.24, 2.45) is 17.8 Å². The van der Waals surface area contributed by atoms with Crippen LogP contribution in [0.1, 0.15) is 33.6 Å². The normalized spacial score (nSPS) is 41.1. The molecule has 1 aliphatic carbocycles. The molecule has 3 atom stereocenters. The molecule has 0 aromatic heterocycles. The van der Waals surface area contributed by atoms with Gasteiger partial charge in [0.25, 0.3) is 0 Å². The van der Waals surface area contributed by atoms with Crippen LogP contribution < -0.4 is 0 Å². The van der Waals surface area contributed by atoms with Gasteiger partial charge in [-0.1, -0.05) is 20.8 Å². The average molecular weight is 142 g/mol. The molecule has 1 aliphatic rings. The molecule has 60 valence electrons. The molecule has 1 fully saturated rings. The molecule has 1 saturated carbocycles. The highest BCUT2D eigenvalue weighted by Gasteiger charge is 2.33. The Morgan fingerprint density at radius 2 is 1.90 bits per heavy atom. The first-order valence-electron chi connectivity index (χ1n) is 4.31. The molecular weight excluding hydrogens is 124 g/mol. The molecule has 1 N–H and O–H groups in total. The van der Waals surface area contributed by atoms with E-state index in [0.29, 0.717) is 17.8 Å². The van der Waals surface area contributed by atoms with Crippen molar-refractivity contribution in [2.45, 2.75) is 39.7 Å². The third-order valence-electron chi connectivity index (χ3n) is 2.83. The second-order valence-electron chi connectivity index (χ2n) is 3.95. The van der Waals surface area contributed by atoms with E-state index in [4.69, 9.17) is 0 Å². The first-order chi connectivity index (χ1) is 4.63. The van der Waals surface area contributed by atoms with Crippen LogP contribution in [0.3, 0.4) is 0 Å². The Kier molecular flexibility index (Phi) is 2.35. The van der Waals surface area contributed by atoms with Gasteiger partial charge in [0, 0.05) is 0 Å². The number of aliphatic hydroxyl groups is 1. The maximum absolute atomic E-state index is 9.63. The first-order valence-corrected chi connectivity index (χ1v) is 4.31. The molecule has 0 saturated heterocycles. The molecule has 0 unspecified atom stereocenters. The van der Waals surface area contributed by atoms with E-state index < -0.39 is 0 Å². The fraction of sp³-hybridized carbons (Fsp3) is 1.00. The number of hydrogen-bond donors (Lipinski definition) is 1. The van der Waals surface area contributed by atoms with Crippen LogP contribution in [0.5, 0.6) is 0 Å². The average Bonchev–Trinajstić information content (AvgIpc) is 2.14. The van der Waals surface area contributed by atoms with Gasteiger partial charge < -0.3 is 5.11 Å². The Bertz CT molecular complexity index is 109. The SMILES string of the molecule is CC(C)[C@@H]1CC[C@H](C)[C@H]1O. The minimum atomic E-state index is -0.0278. The molecular formula is C9H18O. The van der Waals surface area contributed by atoms with E-state index >= 15 is 0 Å². The molecule has 0 amide bonds. The lowest BCUT2D eigenvalue weighted by Crippen LogP contribution is -2.22. The van der Waals surface area contributed by atoms with Crippen LogP contribution in [-0.2, 0) is 0 Å². The van der Waals surface area contributed by atoms with Crippen LogP contribution >= 0.6 is 0 Å². The Morgan fingerprint density at radius 3 is 2.10 bits per heavy atom. The van der Waals surface area contributed by atoms with Crippen LogP contribution in [0.2, 0.25) is 0 Å². The van der Waals surface area contributed by atoms with E-state index in [9.17, 15) is 5.11 Å². The largest absolute Gasteiger partial charge is 0.393 e. The van der Waals surface area contributed by atoms with Crippen molar-refractivity contribution in [1.29, 1.82) is 0 Å². The Labute approximate surface area is 63.4 Å². The summed E-state index contributed by atoms with van der Waals surface area (Å²) in [7, 11) is 0. The fourth-order valence-corrected chi connectivity index (χ4v) is 1.95. The molecule has 1 heteroatoms. The summed E-state index contributed by atoms with van der Waals surface area (Å²) in [5, 5.41) is 9.63. The summed E-state index contributed by atoms with van der Waals surface area (Å²) in [6.45, 7) is 6.55. The van der Waals surface area contributed by atoms with Crippen molar-refractivity contribution in [3.05, 3.63) is 0 Å². The standard InChI is InChI=1S/C9H18O/c1-6(2)8-5-4-7(3)9(8)10/h6-10H,4-5H2,1-3H3/t7-,8-,9+/m0/s1. The zero-order valence-corrected chi connectivity index (χ0v) is 7.17. The van der Waals surface area contributed by atoms with Crippen molar-refractivity contribution >= 4 is 0 Å². The molecule has 1 nitrogen and oxygen atoms in total. The van der Waals surface area contributed by atoms with Gasteiger partial charge in [-0.2, -0.15) is 0 Å². The molecule has 0 aliphatic heterocycles. The van der Waals surface area contributed by atoms with Crippen LogP contribution in [0.4, 0.5) is 0 Å². The molecule has 0 radical (unpaired) electrons. The second kappa shape index (κ2) is 2.91. The van der Waals surface area contributed by atoms with Gasteiger partial charge in [-0.05, 0) is 30.6 Å². The highest BCUT2D eigenvalue weighted by molar-refractivity contribution is 4.83. The van der Waals surface area contributed by atoms with Crippen molar-refractivity contribution in [3.8, 4) is 0 Å². The molecule has 0 spiro atoms. The van der Waals surface area contributed by atoms with Gasteiger partial charge in [-0.25, -0.2) is 0 Å². The third-order valence-corrected chi connectivity index (χ3v) is 2.83. The minimum absolute atomic E-state index is 0.0278. The summed E-state index contributed by atoms with van der Waals surface area (Å²) in [6, 6.07) is 0. The quantitative estimate of drug-likeness (QED) is 0.594. The second-order valence-corrected chi connectivity index (χ2v) is 3.95. The van der Waals surface area contributed by atoms with Gasteiger partial charge in [0.15, 0.2) is 0 Å². The van der Waals surface area contributed by atoms with E-state index in [1.165, 1.54) is 12.8 Å². The Morgan fingerprint density at radius 1 is 1.30 bits per heavy atom. The Balaban J connectivity index is 2.49. The summed E-state index contributed by atoms with van der Waals surface area (Å²) >= 11 is 0. The lowest BCUT2D eigenvalue weighted by Gasteiger charge is -2.20. The smallest absolute Gasteiger partial charge is 0.0596 e. The van der Waals surface area contributed by atoms with Crippen LogP contribution in [0.15, 0.2) is 0 Å². The van der Waals surface area contributed by atoms with Crippen molar-refractivity contribution in [2.75, 3.05) is 0 Å². The van der Waals surface area contributed by atoms with E-state index in [1.54, 1.807) is 0 Å². The molecule has 0 bridgehead atoms. The maximum Gasteiger partial charge on any atom is 0.0596 e. The van der Waals surface area contributed by atoms with Crippen LogP contribution in [0, 0.1) is 17.8 Å². The molecule has 0 heterocycles. The van der Waals surface area contributed by atoms with E-state index in [2.05, 4.69) is 20.8 Å². The topological polar surface area (TPSA) is 20.2 Å². The summed E-state index contributed by atoms with van der Waals surface area (Å²) in [6.07, 6.45) is 2.41. The van der Waals surface area contributed by atoms with Gasteiger partial charge in [0.2, 0.25) is 0 Å². The van der Waals surface area contributed by atoms with Gasteiger partial charge in [0.05, 0.1) is 6.10 Å². The van der Waals surface area contributed by atoms with Crippen molar-refractivity contribution in [3.63, 3.8) is 0 Å². The third kappa shape index (κ3) is 1.34. The zero-order chi connectivity index (χ0) is 7.72. The number of hydrogen-bond acceptors (Lipinski definition) is 1. The fourth-order valence-electron chi connectivity index (χ4n) is 1.95.